The molecule has 1 heterocycles. The van der Waals surface area contributed by atoms with E-state index in [9.17, 15) is 4.79 Å². The highest BCUT2D eigenvalue weighted by Gasteiger charge is 2.26. The van der Waals surface area contributed by atoms with E-state index < -0.39 is 5.92 Å². The van der Waals surface area contributed by atoms with E-state index in [0.717, 1.165) is 31.1 Å². The maximum Gasteiger partial charge on any atom is 0.231 e. The van der Waals surface area contributed by atoms with Crippen LogP contribution in [-0.2, 0) is 4.79 Å². The summed E-state index contributed by atoms with van der Waals surface area (Å²) in [6.07, 6.45) is 0. The standard InChI is InChI=1S/C12H24N4O2S/c1-9(2)10(11(13)15-18)12(17)14-3-4-16-5-7-19-8-6-16/h9-10,18H,3-8H2,1-2H3,(H2,13,15)(H,14,17). The molecule has 1 aliphatic rings. The fourth-order valence-corrected chi connectivity index (χ4v) is 3.09. The third-order valence-corrected chi connectivity index (χ3v) is 4.16. The molecule has 6 nitrogen and oxygen atoms in total. The molecule has 1 fully saturated rings. The Bertz CT molecular complexity index is 317. The molecule has 0 saturated carbocycles. The number of hydrogen-bond acceptors (Lipinski definition) is 5. The van der Waals surface area contributed by atoms with Gasteiger partial charge in [0.05, 0.1) is 0 Å². The Hall–Kier alpha value is -0.950. The third kappa shape index (κ3) is 5.28. The molecule has 4 N–H and O–H groups in total. The minimum atomic E-state index is -0.568. The first-order valence-electron chi connectivity index (χ1n) is 6.61. The van der Waals surface area contributed by atoms with Crippen LogP contribution in [0, 0.1) is 11.8 Å². The summed E-state index contributed by atoms with van der Waals surface area (Å²) in [7, 11) is 0. The van der Waals surface area contributed by atoms with Gasteiger partial charge in [0.1, 0.15) is 5.92 Å². The van der Waals surface area contributed by atoms with E-state index in [1.807, 2.05) is 25.6 Å². The van der Waals surface area contributed by atoms with Crippen molar-refractivity contribution in [3.05, 3.63) is 0 Å². The molecule has 1 unspecified atom stereocenters. The number of carbonyl (C=O) groups excluding carboxylic acids is 1. The number of amidine groups is 1. The molecule has 1 aliphatic heterocycles. The quantitative estimate of drug-likeness (QED) is 0.280. The zero-order valence-corrected chi connectivity index (χ0v) is 12.4. The first-order valence-corrected chi connectivity index (χ1v) is 7.77. The molecule has 1 rings (SSSR count). The van der Waals surface area contributed by atoms with Gasteiger partial charge in [0.2, 0.25) is 5.91 Å². The third-order valence-electron chi connectivity index (χ3n) is 3.21. The molecular weight excluding hydrogens is 264 g/mol. The second kappa shape index (κ2) is 8.27. The number of rotatable bonds is 6. The summed E-state index contributed by atoms with van der Waals surface area (Å²) in [6.45, 7) is 7.37. The van der Waals surface area contributed by atoms with Crippen molar-refractivity contribution in [3.63, 3.8) is 0 Å². The van der Waals surface area contributed by atoms with E-state index in [-0.39, 0.29) is 17.7 Å². The Kier molecular flexibility index (Phi) is 7.01. The first-order chi connectivity index (χ1) is 9.06. The van der Waals surface area contributed by atoms with Gasteiger partial charge in [0, 0.05) is 37.7 Å². The van der Waals surface area contributed by atoms with Gasteiger partial charge in [-0.25, -0.2) is 0 Å². The van der Waals surface area contributed by atoms with E-state index in [1.165, 1.54) is 0 Å². The van der Waals surface area contributed by atoms with Crippen LogP contribution in [0.1, 0.15) is 13.8 Å². The molecule has 0 aromatic rings. The highest BCUT2D eigenvalue weighted by atomic mass is 32.2. The predicted molar refractivity (Wildman–Crippen MR) is 78.5 cm³/mol. The zero-order valence-electron chi connectivity index (χ0n) is 11.6. The molecule has 0 bridgehead atoms. The average molecular weight is 288 g/mol. The molecule has 7 heteroatoms. The van der Waals surface area contributed by atoms with Gasteiger partial charge in [-0.2, -0.15) is 11.8 Å². The van der Waals surface area contributed by atoms with Crippen molar-refractivity contribution in [2.24, 2.45) is 22.7 Å². The Labute approximate surface area is 118 Å². The van der Waals surface area contributed by atoms with Gasteiger partial charge in [-0.05, 0) is 5.92 Å². The van der Waals surface area contributed by atoms with Crippen LogP contribution in [-0.4, -0.2) is 59.5 Å². The van der Waals surface area contributed by atoms with Crippen LogP contribution >= 0.6 is 11.8 Å². The minimum Gasteiger partial charge on any atom is -0.409 e. The summed E-state index contributed by atoms with van der Waals surface area (Å²) in [5.74, 6) is 1.56. The van der Waals surface area contributed by atoms with Crippen molar-refractivity contribution < 1.29 is 10.0 Å². The fourth-order valence-electron chi connectivity index (χ4n) is 2.11. The van der Waals surface area contributed by atoms with Crippen molar-refractivity contribution in [1.29, 1.82) is 0 Å². The molecule has 110 valence electrons. The number of nitrogens with two attached hydrogens (primary N) is 1. The molecule has 1 saturated heterocycles. The van der Waals surface area contributed by atoms with Gasteiger partial charge < -0.3 is 16.3 Å². The summed E-state index contributed by atoms with van der Waals surface area (Å²) in [5, 5.41) is 14.5. The van der Waals surface area contributed by atoms with Crippen LogP contribution in [0.2, 0.25) is 0 Å². The molecule has 1 atom stereocenters. The Morgan fingerprint density at radius 2 is 2.11 bits per heavy atom. The second-order valence-electron chi connectivity index (χ2n) is 4.99. The van der Waals surface area contributed by atoms with E-state index in [4.69, 9.17) is 10.9 Å². The summed E-state index contributed by atoms with van der Waals surface area (Å²) in [5.41, 5.74) is 5.56. The number of oxime groups is 1. The monoisotopic (exact) mass is 288 g/mol. The van der Waals surface area contributed by atoms with E-state index in [1.54, 1.807) is 0 Å². The predicted octanol–water partition coefficient (Wildman–Crippen LogP) is 0.170. The van der Waals surface area contributed by atoms with Crippen LogP contribution in [0.5, 0.6) is 0 Å². The lowest BCUT2D eigenvalue weighted by atomic mass is 9.94. The maximum absolute atomic E-state index is 12.0. The number of hydrogen-bond donors (Lipinski definition) is 3. The van der Waals surface area contributed by atoms with Gasteiger partial charge in [-0.3, -0.25) is 9.69 Å². The van der Waals surface area contributed by atoms with Crippen LogP contribution in [0.25, 0.3) is 0 Å². The molecule has 1 amide bonds. The maximum atomic E-state index is 12.0. The molecule has 0 aromatic heterocycles. The topological polar surface area (TPSA) is 91.0 Å². The SMILES string of the molecule is CC(C)C(C(=O)NCCN1CCSCC1)C(N)=NO. The van der Waals surface area contributed by atoms with E-state index in [0.29, 0.717) is 6.54 Å². The summed E-state index contributed by atoms with van der Waals surface area (Å²) < 4.78 is 0. The highest BCUT2D eigenvalue weighted by Crippen LogP contribution is 2.11. The summed E-state index contributed by atoms with van der Waals surface area (Å²) in [6, 6.07) is 0. The van der Waals surface area contributed by atoms with Crippen LogP contribution in [0.15, 0.2) is 5.16 Å². The van der Waals surface area contributed by atoms with Gasteiger partial charge in [0.25, 0.3) is 0 Å². The summed E-state index contributed by atoms with van der Waals surface area (Å²) >= 11 is 1.97. The Balaban J connectivity index is 2.35. The zero-order chi connectivity index (χ0) is 14.3. The molecule has 19 heavy (non-hydrogen) atoms. The second-order valence-corrected chi connectivity index (χ2v) is 6.22. The van der Waals surface area contributed by atoms with Crippen LogP contribution < -0.4 is 11.1 Å². The Morgan fingerprint density at radius 1 is 1.47 bits per heavy atom. The number of thioether (sulfide) groups is 1. The van der Waals surface area contributed by atoms with Gasteiger partial charge in [0.15, 0.2) is 5.84 Å². The summed E-state index contributed by atoms with van der Waals surface area (Å²) in [4.78, 5) is 14.4. The molecule has 0 aromatic carbocycles. The van der Waals surface area contributed by atoms with Crippen molar-refractivity contribution in [3.8, 4) is 0 Å². The smallest absolute Gasteiger partial charge is 0.231 e. The number of nitrogens with one attached hydrogen (secondary N) is 1. The lowest BCUT2D eigenvalue weighted by molar-refractivity contribution is -0.124. The first kappa shape index (κ1) is 16.1. The lowest BCUT2D eigenvalue weighted by Gasteiger charge is -2.26. The molecule has 0 aliphatic carbocycles. The normalized spacial score (nSPS) is 19.4. The molecule has 0 spiro atoms. The largest absolute Gasteiger partial charge is 0.409 e. The number of carbonyl (C=O) groups is 1. The average Bonchev–Trinajstić information content (AvgIpc) is 2.39. The van der Waals surface area contributed by atoms with Gasteiger partial charge in [-0.15, -0.1) is 0 Å². The number of nitrogens with zero attached hydrogens (tertiary/aromatic N) is 2. The van der Waals surface area contributed by atoms with Crippen LogP contribution in [0.3, 0.4) is 0 Å². The van der Waals surface area contributed by atoms with Crippen molar-refractivity contribution in [2.75, 3.05) is 37.7 Å². The molecule has 0 radical (unpaired) electrons. The Morgan fingerprint density at radius 3 is 2.63 bits per heavy atom. The van der Waals surface area contributed by atoms with Gasteiger partial charge >= 0.3 is 0 Å². The van der Waals surface area contributed by atoms with E-state index >= 15 is 0 Å². The van der Waals surface area contributed by atoms with Crippen molar-refractivity contribution in [2.45, 2.75) is 13.8 Å². The van der Waals surface area contributed by atoms with E-state index in [2.05, 4.69) is 15.4 Å². The van der Waals surface area contributed by atoms with Gasteiger partial charge in [-0.1, -0.05) is 19.0 Å². The highest BCUT2D eigenvalue weighted by molar-refractivity contribution is 7.99. The van der Waals surface area contributed by atoms with Crippen molar-refractivity contribution in [1.82, 2.24) is 10.2 Å². The number of amides is 1. The van der Waals surface area contributed by atoms with Crippen LogP contribution in [0.4, 0.5) is 0 Å². The lowest BCUT2D eigenvalue weighted by Crippen LogP contribution is -2.45. The van der Waals surface area contributed by atoms with Crippen molar-refractivity contribution >= 4 is 23.5 Å². The molecular formula is C12H24N4O2S. The minimum absolute atomic E-state index is 0.00212. The fraction of sp³-hybridized carbons (Fsp3) is 0.833.